The van der Waals surface area contributed by atoms with E-state index in [9.17, 15) is 17.6 Å². The minimum Gasteiger partial charge on any atom is -0.194 e. The molecule has 0 fully saturated rings. The van der Waals surface area contributed by atoms with Crippen LogP contribution in [0.25, 0.3) is 5.57 Å². The third kappa shape index (κ3) is 5.15. The van der Waals surface area contributed by atoms with E-state index in [1.165, 1.54) is 12.1 Å². The second-order valence-corrected chi connectivity index (χ2v) is 8.16. The summed E-state index contributed by atoms with van der Waals surface area (Å²) < 4.78 is 59.2. The summed E-state index contributed by atoms with van der Waals surface area (Å²) in [6.07, 6.45) is 8.13. The van der Waals surface area contributed by atoms with Crippen LogP contribution in [0.3, 0.4) is 0 Å². The SMILES string of the molecule is CCCCCc1ccc(C#CC2=CC=C(c3ccc(CCC)cc3)C(F)(F)C2(F)F)cc1. The molecule has 0 saturated heterocycles. The van der Waals surface area contributed by atoms with Gasteiger partial charge in [-0.2, -0.15) is 17.6 Å². The minimum atomic E-state index is -4.38. The van der Waals surface area contributed by atoms with Crippen LogP contribution < -0.4 is 0 Å². The van der Waals surface area contributed by atoms with E-state index < -0.39 is 23.0 Å². The molecule has 3 rings (SSSR count). The van der Waals surface area contributed by atoms with Crippen molar-refractivity contribution in [2.24, 2.45) is 0 Å². The van der Waals surface area contributed by atoms with Gasteiger partial charge in [0.25, 0.3) is 0 Å². The first-order valence-corrected chi connectivity index (χ1v) is 11.2. The fourth-order valence-corrected chi connectivity index (χ4v) is 3.72. The van der Waals surface area contributed by atoms with Crippen molar-refractivity contribution in [3.63, 3.8) is 0 Å². The normalized spacial score (nSPS) is 16.6. The monoisotopic (exact) mass is 440 g/mol. The van der Waals surface area contributed by atoms with Gasteiger partial charge in [-0.1, -0.05) is 87.4 Å². The van der Waals surface area contributed by atoms with Gasteiger partial charge in [0.15, 0.2) is 0 Å². The molecule has 4 heteroatoms. The van der Waals surface area contributed by atoms with Crippen LogP contribution in [0.4, 0.5) is 17.6 Å². The lowest BCUT2D eigenvalue weighted by Crippen LogP contribution is -2.44. The second-order valence-electron chi connectivity index (χ2n) is 8.16. The van der Waals surface area contributed by atoms with E-state index in [0.717, 1.165) is 61.8 Å². The summed E-state index contributed by atoms with van der Waals surface area (Å²) in [7, 11) is 0. The van der Waals surface area contributed by atoms with Crippen LogP contribution >= 0.6 is 0 Å². The third-order valence-corrected chi connectivity index (χ3v) is 5.66. The zero-order chi connectivity index (χ0) is 23.2. The van der Waals surface area contributed by atoms with Crippen molar-refractivity contribution >= 4 is 5.57 Å². The molecule has 0 nitrogen and oxygen atoms in total. The number of unbranched alkanes of at least 4 members (excludes halogenated alkanes) is 2. The average molecular weight is 441 g/mol. The highest BCUT2D eigenvalue weighted by Gasteiger charge is 2.62. The van der Waals surface area contributed by atoms with Gasteiger partial charge in [-0.05, 0) is 54.2 Å². The number of halogens is 4. The van der Waals surface area contributed by atoms with Gasteiger partial charge < -0.3 is 0 Å². The number of benzene rings is 2. The molecule has 2 aromatic rings. The van der Waals surface area contributed by atoms with E-state index in [2.05, 4.69) is 18.8 Å². The molecule has 0 aromatic heterocycles. The molecule has 0 bridgehead atoms. The number of aryl methyl sites for hydroxylation is 2. The van der Waals surface area contributed by atoms with Crippen LogP contribution in [0.2, 0.25) is 0 Å². The maximum Gasteiger partial charge on any atom is 0.347 e. The first-order valence-electron chi connectivity index (χ1n) is 11.2. The third-order valence-electron chi connectivity index (χ3n) is 5.66. The van der Waals surface area contributed by atoms with Crippen LogP contribution in [0.1, 0.15) is 61.8 Å². The highest BCUT2D eigenvalue weighted by atomic mass is 19.3. The number of hydrogen-bond acceptors (Lipinski definition) is 0. The maximum absolute atomic E-state index is 14.8. The van der Waals surface area contributed by atoms with Crippen LogP contribution in [-0.2, 0) is 12.8 Å². The van der Waals surface area contributed by atoms with Gasteiger partial charge in [0.2, 0.25) is 0 Å². The Morgan fingerprint density at radius 3 is 1.91 bits per heavy atom. The van der Waals surface area contributed by atoms with Gasteiger partial charge in [-0.3, -0.25) is 0 Å². The van der Waals surface area contributed by atoms with Crippen LogP contribution in [-0.4, -0.2) is 11.8 Å². The van der Waals surface area contributed by atoms with E-state index in [1.54, 1.807) is 24.3 Å². The van der Waals surface area contributed by atoms with Gasteiger partial charge in [0.1, 0.15) is 0 Å². The number of allylic oxidation sites excluding steroid dienone is 4. The molecule has 0 saturated carbocycles. The number of hydrogen-bond donors (Lipinski definition) is 0. The van der Waals surface area contributed by atoms with Crippen molar-refractivity contribution in [3.8, 4) is 11.8 Å². The molecule has 0 heterocycles. The molecule has 1 aliphatic rings. The summed E-state index contributed by atoms with van der Waals surface area (Å²) in [5.41, 5.74) is 1.19. The lowest BCUT2D eigenvalue weighted by atomic mass is 9.86. The van der Waals surface area contributed by atoms with E-state index >= 15 is 0 Å². The Morgan fingerprint density at radius 2 is 1.28 bits per heavy atom. The summed E-state index contributed by atoms with van der Waals surface area (Å²) in [5.74, 6) is -3.82. The first-order chi connectivity index (χ1) is 15.3. The van der Waals surface area contributed by atoms with Crippen molar-refractivity contribution in [2.75, 3.05) is 0 Å². The highest BCUT2D eigenvalue weighted by molar-refractivity contribution is 5.77. The van der Waals surface area contributed by atoms with Crippen molar-refractivity contribution < 1.29 is 17.6 Å². The highest BCUT2D eigenvalue weighted by Crippen LogP contribution is 2.50. The Labute approximate surface area is 188 Å². The quantitative estimate of drug-likeness (QED) is 0.232. The zero-order valence-electron chi connectivity index (χ0n) is 18.5. The first kappa shape index (κ1) is 23.9. The summed E-state index contributed by atoms with van der Waals surface area (Å²) in [4.78, 5) is 0. The molecule has 168 valence electrons. The molecule has 0 aliphatic heterocycles. The van der Waals surface area contributed by atoms with Crippen molar-refractivity contribution in [1.82, 2.24) is 0 Å². The Bertz CT molecular complexity index is 1030. The summed E-state index contributed by atoms with van der Waals surface area (Å²) in [5, 5.41) is 0. The molecule has 0 radical (unpaired) electrons. The lowest BCUT2D eigenvalue weighted by Gasteiger charge is -2.31. The second kappa shape index (κ2) is 10.2. The molecule has 0 atom stereocenters. The van der Waals surface area contributed by atoms with E-state index in [0.29, 0.717) is 5.56 Å². The Morgan fingerprint density at radius 1 is 0.656 bits per heavy atom. The molecule has 0 N–H and O–H groups in total. The molecule has 0 amide bonds. The standard InChI is InChI=1S/C28H28F4/c1-3-5-6-8-22-9-11-23(12-10-22)15-18-25-19-20-26(28(31,32)27(25,29)30)24-16-13-21(7-4-2)14-17-24/h9-14,16-17,19-20H,3-8H2,1-2H3. The van der Waals surface area contributed by atoms with Gasteiger partial charge in [-0.15, -0.1) is 0 Å². The van der Waals surface area contributed by atoms with Gasteiger partial charge in [-0.25, -0.2) is 0 Å². The van der Waals surface area contributed by atoms with E-state index in [1.807, 2.05) is 19.1 Å². The largest absolute Gasteiger partial charge is 0.347 e. The van der Waals surface area contributed by atoms with Crippen molar-refractivity contribution in [3.05, 3.63) is 88.5 Å². The lowest BCUT2D eigenvalue weighted by molar-refractivity contribution is -0.145. The zero-order valence-corrected chi connectivity index (χ0v) is 18.5. The fraction of sp³-hybridized carbons (Fsp3) is 0.357. The Kier molecular flexibility index (Phi) is 7.61. The van der Waals surface area contributed by atoms with Gasteiger partial charge in [0.05, 0.1) is 5.57 Å². The topological polar surface area (TPSA) is 0 Å². The number of rotatable bonds is 7. The molecular formula is C28H28F4. The summed E-state index contributed by atoms with van der Waals surface area (Å²) >= 11 is 0. The minimum absolute atomic E-state index is 0.0939. The van der Waals surface area contributed by atoms with Crippen molar-refractivity contribution in [1.29, 1.82) is 0 Å². The Hall–Kier alpha value is -2.80. The molecule has 0 spiro atoms. The maximum atomic E-state index is 14.8. The Balaban J connectivity index is 1.84. The molecule has 1 aliphatic carbocycles. The molecular weight excluding hydrogens is 412 g/mol. The fourth-order valence-electron chi connectivity index (χ4n) is 3.72. The predicted molar refractivity (Wildman–Crippen MR) is 123 cm³/mol. The van der Waals surface area contributed by atoms with Gasteiger partial charge in [0, 0.05) is 11.1 Å². The van der Waals surface area contributed by atoms with Crippen LogP contribution in [0.5, 0.6) is 0 Å². The van der Waals surface area contributed by atoms with Crippen LogP contribution in [0, 0.1) is 11.8 Å². The predicted octanol–water partition coefficient (Wildman–Crippen LogP) is 8.02. The van der Waals surface area contributed by atoms with Gasteiger partial charge >= 0.3 is 11.8 Å². The molecule has 2 aromatic carbocycles. The number of alkyl halides is 4. The molecule has 0 unspecified atom stereocenters. The summed E-state index contributed by atoms with van der Waals surface area (Å²) in [6, 6.07) is 13.7. The summed E-state index contributed by atoms with van der Waals surface area (Å²) in [6.45, 7) is 4.15. The smallest absolute Gasteiger partial charge is 0.194 e. The van der Waals surface area contributed by atoms with Crippen LogP contribution in [0.15, 0.2) is 66.3 Å². The van der Waals surface area contributed by atoms with E-state index in [4.69, 9.17) is 0 Å². The van der Waals surface area contributed by atoms with E-state index in [-0.39, 0.29) is 5.56 Å². The van der Waals surface area contributed by atoms with Crippen molar-refractivity contribution in [2.45, 2.75) is 64.2 Å². The molecule has 32 heavy (non-hydrogen) atoms. The average Bonchev–Trinajstić information content (AvgIpc) is 2.77.